The largest absolute Gasteiger partial charge is 0.343 e. The van der Waals surface area contributed by atoms with Crippen molar-refractivity contribution in [3.63, 3.8) is 0 Å². The molecule has 1 aromatic heterocycles. The first-order chi connectivity index (χ1) is 5.29. The van der Waals surface area contributed by atoms with Crippen molar-refractivity contribution < 1.29 is 0 Å². The molecule has 1 rings (SSSR count). The molecule has 0 fully saturated rings. The molecular weight excluding hydrogens is 162 g/mol. The Kier molecular flexibility index (Phi) is 2.76. The smallest absolute Gasteiger partial charge is 0.270 e. The number of H-pyrrole nitrogens is 1. The van der Waals surface area contributed by atoms with Crippen LogP contribution in [0.4, 0.5) is 0 Å². The van der Waals surface area contributed by atoms with Crippen molar-refractivity contribution in [2.75, 3.05) is 6.26 Å². The Balaban J connectivity index is 2.97. The lowest BCUT2D eigenvalue weighted by atomic mass is 10.5. The van der Waals surface area contributed by atoms with Gasteiger partial charge in [-0.2, -0.15) is 0 Å². The first kappa shape index (κ1) is 8.39. The van der Waals surface area contributed by atoms with Crippen molar-refractivity contribution in [1.29, 1.82) is 0 Å². The van der Waals surface area contributed by atoms with Gasteiger partial charge in [0, 0.05) is 6.54 Å². The molecule has 0 saturated heterocycles. The topological polar surface area (TPSA) is 50.7 Å². The zero-order valence-corrected chi connectivity index (χ0v) is 7.44. The van der Waals surface area contributed by atoms with Crippen molar-refractivity contribution in [3.8, 4) is 0 Å². The fourth-order valence-corrected chi connectivity index (χ4v) is 1.41. The number of nitrogens with zero attached hydrogens (tertiary/aromatic N) is 2. The summed E-state index contributed by atoms with van der Waals surface area (Å²) in [6.45, 7) is 2.77. The highest BCUT2D eigenvalue weighted by molar-refractivity contribution is 7.98. The van der Waals surface area contributed by atoms with Crippen LogP contribution in [0.1, 0.15) is 13.3 Å². The van der Waals surface area contributed by atoms with Crippen molar-refractivity contribution in [2.24, 2.45) is 0 Å². The van der Waals surface area contributed by atoms with E-state index in [-0.39, 0.29) is 5.69 Å². The molecule has 62 valence electrons. The number of hydrogen-bond acceptors (Lipinski definition) is 3. The molecule has 4 nitrogen and oxygen atoms in total. The van der Waals surface area contributed by atoms with Crippen LogP contribution < -0.4 is 5.69 Å². The van der Waals surface area contributed by atoms with E-state index in [1.54, 1.807) is 4.57 Å². The fourth-order valence-electron chi connectivity index (χ4n) is 0.880. The molecule has 0 aliphatic rings. The summed E-state index contributed by atoms with van der Waals surface area (Å²) in [6, 6.07) is 0. The maximum absolute atomic E-state index is 11.0. The Bertz CT molecular complexity index is 278. The van der Waals surface area contributed by atoms with Crippen molar-refractivity contribution in [2.45, 2.75) is 25.0 Å². The molecule has 5 heteroatoms. The maximum Gasteiger partial charge on any atom is 0.343 e. The molecule has 0 aliphatic carbocycles. The summed E-state index contributed by atoms with van der Waals surface area (Å²) in [5.74, 6) is 0. The number of aromatic nitrogens is 3. The summed E-state index contributed by atoms with van der Waals surface area (Å²) < 4.78 is 1.64. The number of thioether (sulfide) groups is 1. The second-order valence-corrected chi connectivity index (χ2v) is 2.94. The molecule has 0 atom stereocenters. The molecule has 1 aromatic rings. The molecule has 0 aromatic carbocycles. The Morgan fingerprint density at radius 1 is 1.73 bits per heavy atom. The van der Waals surface area contributed by atoms with Crippen LogP contribution in [0.3, 0.4) is 0 Å². The van der Waals surface area contributed by atoms with Crippen LogP contribution >= 0.6 is 11.8 Å². The quantitative estimate of drug-likeness (QED) is 0.685. The van der Waals surface area contributed by atoms with Gasteiger partial charge in [0.2, 0.25) is 0 Å². The predicted molar refractivity (Wildman–Crippen MR) is 44.9 cm³/mol. The average Bonchev–Trinajstić information content (AvgIpc) is 2.34. The molecule has 0 bridgehead atoms. The van der Waals surface area contributed by atoms with Gasteiger partial charge in [-0.15, -0.1) is 5.10 Å². The van der Waals surface area contributed by atoms with Crippen molar-refractivity contribution >= 4 is 11.8 Å². The van der Waals surface area contributed by atoms with Gasteiger partial charge in [-0.25, -0.2) is 9.89 Å². The molecule has 0 unspecified atom stereocenters. The van der Waals surface area contributed by atoms with Gasteiger partial charge in [0.15, 0.2) is 5.16 Å². The summed E-state index contributed by atoms with van der Waals surface area (Å²) in [5.41, 5.74) is -0.115. The maximum atomic E-state index is 11.0. The minimum atomic E-state index is -0.115. The van der Waals surface area contributed by atoms with E-state index in [1.807, 2.05) is 13.2 Å². The van der Waals surface area contributed by atoms with E-state index in [4.69, 9.17) is 0 Å². The highest BCUT2D eigenvalue weighted by Crippen LogP contribution is 2.07. The predicted octanol–water partition coefficient (Wildman–Crippen LogP) is 0.703. The molecule has 0 saturated carbocycles. The lowest BCUT2D eigenvalue weighted by Crippen LogP contribution is -2.17. The fraction of sp³-hybridized carbons (Fsp3) is 0.667. The van der Waals surface area contributed by atoms with Gasteiger partial charge >= 0.3 is 5.69 Å². The molecule has 1 heterocycles. The molecular formula is C6H11N3OS. The lowest BCUT2D eigenvalue weighted by Gasteiger charge is -1.98. The standard InChI is InChI=1S/C6H11N3OS/c1-3-4-9-5(10)7-8-6(9)11-2/h3-4H2,1-2H3,(H,7,10). The zero-order chi connectivity index (χ0) is 8.27. The molecule has 0 aliphatic heterocycles. The van der Waals surface area contributed by atoms with Crippen molar-refractivity contribution in [1.82, 2.24) is 14.8 Å². The summed E-state index contributed by atoms with van der Waals surface area (Å²) in [7, 11) is 0. The molecule has 0 spiro atoms. The van der Waals surface area contributed by atoms with Crippen LogP contribution in [0.25, 0.3) is 0 Å². The number of nitrogens with one attached hydrogen (secondary N) is 1. The van der Waals surface area contributed by atoms with E-state index >= 15 is 0 Å². The van der Waals surface area contributed by atoms with E-state index in [2.05, 4.69) is 10.2 Å². The van der Waals surface area contributed by atoms with Gasteiger partial charge in [-0.05, 0) is 12.7 Å². The van der Waals surface area contributed by atoms with Gasteiger partial charge in [-0.3, -0.25) is 4.57 Å². The van der Waals surface area contributed by atoms with E-state index in [0.717, 1.165) is 18.1 Å². The lowest BCUT2D eigenvalue weighted by molar-refractivity contribution is 0.604. The SMILES string of the molecule is CCCn1c(SC)n[nH]c1=O. The van der Waals surface area contributed by atoms with Crippen LogP contribution in [0.5, 0.6) is 0 Å². The minimum absolute atomic E-state index is 0.115. The third-order valence-electron chi connectivity index (χ3n) is 1.35. The number of rotatable bonds is 3. The Hall–Kier alpha value is -0.710. The van der Waals surface area contributed by atoms with E-state index in [1.165, 1.54) is 11.8 Å². The number of aromatic amines is 1. The van der Waals surface area contributed by atoms with Crippen LogP contribution in [0, 0.1) is 0 Å². The van der Waals surface area contributed by atoms with Crippen LogP contribution in [0.15, 0.2) is 9.95 Å². The second-order valence-electron chi connectivity index (χ2n) is 2.17. The van der Waals surface area contributed by atoms with Gasteiger partial charge in [0.1, 0.15) is 0 Å². The third-order valence-corrected chi connectivity index (χ3v) is 2.03. The third kappa shape index (κ3) is 1.65. The number of hydrogen-bond donors (Lipinski definition) is 1. The Morgan fingerprint density at radius 3 is 3.00 bits per heavy atom. The average molecular weight is 173 g/mol. The summed E-state index contributed by atoms with van der Waals surface area (Å²) >= 11 is 1.48. The summed E-state index contributed by atoms with van der Waals surface area (Å²) in [6.07, 6.45) is 2.86. The molecule has 11 heavy (non-hydrogen) atoms. The van der Waals surface area contributed by atoms with Crippen molar-refractivity contribution in [3.05, 3.63) is 10.5 Å². The molecule has 0 amide bonds. The Morgan fingerprint density at radius 2 is 2.45 bits per heavy atom. The first-order valence-electron chi connectivity index (χ1n) is 3.48. The summed E-state index contributed by atoms with van der Waals surface area (Å²) in [5, 5.41) is 7.01. The van der Waals surface area contributed by atoms with E-state index < -0.39 is 0 Å². The van der Waals surface area contributed by atoms with E-state index in [9.17, 15) is 4.79 Å². The highest BCUT2D eigenvalue weighted by Gasteiger charge is 2.03. The Labute approximate surface area is 69.0 Å². The normalized spacial score (nSPS) is 10.4. The van der Waals surface area contributed by atoms with Gasteiger partial charge in [0.25, 0.3) is 0 Å². The molecule has 0 radical (unpaired) electrons. The van der Waals surface area contributed by atoms with Gasteiger partial charge in [0.05, 0.1) is 0 Å². The molecule has 1 N–H and O–H groups in total. The van der Waals surface area contributed by atoms with Crippen LogP contribution in [0.2, 0.25) is 0 Å². The summed E-state index contributed by atoms with van der Waals surface area (Å²) in [4.78, 5) is 11.0. The van der Waals surface area contributed by atoms with Crippen LogP contribution in [-0.4, -0.2) is 21.0 Å². The van der Waals surface area contributed by atoms with Crippen LogP contribution in [-0.2, 0) is 6.54 Å². The zero-order valence-electron chi connectivity index (χ0n) is 6.63. The van der Waals surface area contributed by atoms with E-state index in [0.29, 0.717) is 0 Å². The first-order valence-corrected chi connectivity index (χ1v) is 4.71. The van der Waals surface area contributed by atoms with Gasteiger partial charge in [-0.1, -0.05) is 18.7 Å². The van der Waals surface area contributed by atoms with Gasteiger partial charge < -0.3 is 0 Å². The second kappa shape index (κ2) is 3.61. The minimum Gasteiger partial charge on any atom is -0.270 e. The monoisotopic (exact) mass is 173 g/mol. The highest BCUT2D eigenvalue weighted by atomic mass is 32.2.